The topological polar surface area (TPSA) is 190 Å². The maximum atomic E-state index is 10.2. The summed E-state index contributed by atoms with van der Waals surface area (Å²) >= 11 is 0. The first kappa shape index (κ1) is 25.8. The summed E-state index contributed by atoms with van der Waals surface area (Å²) < 4.78 is 0. The van der Waals surface area contributed by atoms with Crippen LogP contribution < -0.4 is 0 Å². The summed E-state index contributed by atoms with van der Waals surface area (Å²) in [6.07, 6.45) is 0.852. The number of hydroxylamine groups is 4. The van der Waals surface area contributed by atoms with Crippen LogP contribution in [0.2, 0.25) is 0 Å². The van der Waals surface area contributed by atoms with Crippen LogP contribution in [0.3, 0.4) is 0 Å². The highest BCUT2D eigenvalue weighted by Gasteiger charge is 2.27. The van der Waals surface area contributed by atoms with Crippen LogP contribution in [0, 0.1) is 0 Å². The molecule has 0 saturated carbocycles. The van der Waals surface area contributed by atoms with E-state index in [2.05, 4.69) is 0 Å². The lowest BCUT2D eigenvalue weighted by Crippen LogP contribution is -2.24. The van der Waals surface area contributed by atoms with Gasteiger partial charge in [-0.2, -0.15) is 10.1 Å². The number of aliphatic carboxylic acids is 2. The lowest BCUT2D eigenvalue weighted by atomic mass is 10.4. The fraction of sp³-hybridized carbons (Fsp3) is 0.571. The summed E-state index contributed by atoms with van der Waals surface area (Å²) in [6.45, 7) is 0. The SMILES string of the molecule is O=C(O)CCSSCCC(=O)O.O=C1CCC(=O)N1O.O=C1CCC(=O)N1O. The van der Waals surface area contributed by atoms with Gasteiger partial charge >= 0.3 is 11.9 Å². The molecule has 0 unspecified atom stereocenters. The van der Waals surface area contributed by atoms with Crippen LogP contribution in [-0.2, 0) is 28.8 Å². The fourth-order valence-corrected chi connectivity index (χ4v) is 3.46. The minimum absolute atomic E-state index is 0.130. The molecule has 28 heavy (non-hydrogen) atoms. The third kappa shape index (κ3) is 11.5. The Kier molecular flexibility index (Phi) is 12.9. The Morgan fingerprint density at radius 1 is 0.679 bits per heavy atom. The molecule has 2 saturated heterocycles. The number of carbonyl (C=O) groups excluding carboxylic acids is 4. The van der Waals surface area contributed by atoms with E-state index in [0.29, 0.717) is 11.5 Å². The molecule has 2 aliphatic heterocycles. The van der Waals surface area contributed by atoms with E-state index in [4.69, 9.17) is 20.6 Å². The lowest BCUT2D eigenvalue weighted by molar-refractivity contribution is -0.172. The molecule has 12 nitrogen and oxygen atoms in total. The van der Waals surface area contributed by atoms with Gasteiger partial charge in [0.05, 0.1) is 12.8 Å². The first-order valence-electron chi connectivity index (χ1n) is 7.83. The normalized spacial score (nSPS) is 15.8. The second kappa shape index (κ2) is 13.9. The van der Waals surface area contributed by atoms with Crippen molar-refractivity contribution < 1.29 is 49.4 Å². The Morgan fingerprint density at radius 3 is 1.07 bits per heavy atom. The summed E-state index contributed by atoms with van der Waals surface area (Å²) in [5.74, 6) is -2.60. The van der Waals surface area contributed by atoms with Crippen molar-refractivity contribution in [2.75, 3.05) is 11.5 Å². The molecule has 0 aromatic rings. The van der Waals surface area contributed by atoms with E-state index in [1.54, 1.807) is 0 Å². The summed E-state index contributed by atoms with van der Waals surface area (Å²) in [6, 6.07) is 0. The molecule has 14 heteroatoms. The molecule has 4 amide bonds. The molecule has 0 aromatic carbocycles. The molecule has 2 fully saturated rings. The Morgan fingerprint density at radius 2 is 0.929 bits per heavy atom. The summed E-state index contributed by atoms with van der Waals surface area (Å²) in [5.41, 5.74) is 0. The van der Waals surface area contributed by atoms with E-state index in [0.717, 1.165) is 0 Å². The molecule has 0 spiro atoms. The van der Waals surface area contributed by atoms with Gasteiger partial charge in [0, 0.05) is 37.2 Å². The van der Waals surface area contributed by atoms with Crippen molar-refractivity contribution in [2.45, 2.75) is 38.5 Å². The largest absolute Gasteiger partial charge is 0.481 e. The fourth-order valence-electron chi connectivity index (χ4n) is 1.51. The number of carboxylic acid groups (broad SMARTS) is 2. The van der Waals surface area contributed by atoms with Crippen molar-refractivity contribution in [3.8, 4) is 0 Å². The molecule has 0 bridgehead atoms. The van der Waals surface area contributed by atoms with Gasteiger partial charge in [-0.05, 0) is 0 Å². The average molecular weight is 440 g/mol. The molecule has 0 atom stereocenters. The third-order valence-electron chi connectivity index (χ3n) is 2.93. The number of carboxylic acids is 2. The predicted octanol–water partition coefficient (Wildman–Crippen LogP) is 0.366. The van der Waals surface area contributed by atoms with Gasteiger partial charge in [0.2, 0.25) is 0 Å². The molecular weight excluding hydrogens is 420 g/mol. The average Bonchev–Trinajstić information content (AvgIpc) is 3.08. The number of amides is 4. The molecule has 2 heterocycles. The van der Waals surface area contributed by atoms with Crippen LogP contribution in [0.15, 0.2) is 0 Å². The number of hydrogen-bond acceptors (Lipinski definition) is 10. The maximum absolute atomic E-state index is 10.2. The maximum Gasteiger partial charge on any atom is 0.304 e. The van der Waals surface area contributed by atoms with E-state index in [9.17, 15) is 28.8 Å². The standard InChI is InChI=1S/C6H10O4S2.2C4H5NO3/c7-5(8)1-3-11-12-4-2-6(9)10;2*6-3-1-2-4(7)5(3)8/h1-4H2,(H,7,8)(H,9,10);2*8H,1-2H2. The van der Waals surface area contributed by atoms with Gasteiger partial charge < -0.3 is 10.2 Å². The van der Waals surface area contributed by atoms with E-state index in [1.165, 1.54) is 21.6 Å². The number of imide groups is 2. The number of carbonyl (C=O) groups is 6. The van der Waals surface area contributed by atoms with Crippen LogP contribution in [-0.4, -0.2) is 77.8 Å². The first-order valence-corrected chi connectivity index (χ1v) is 10.3. The molecule has 0 aromatic heterocycles. The zero-order valence-electron chi connectivity index (χ0n) is 14.6. The smallest absolute Gasteiger partial charge is 0.304 e. The van der Waals surface area contributed by atoms with Crippen LogP contribution >= 0.6 is 21.6 Å². The number of rotatable bonds is 7. The molecular formula is C14H20N2O10S2. The van der Waals surface area contributed by atoms with E-state index >= 15 is 0 Å². The first-order chi connectivity index (χ1) is 13.1. The van der Waals surface area contributed by atoms with Crippen molar-refractivity contribution >= 4 is 57.2 Å². The van der Waals surface area contributed by atoms with Crippen molar-refractivity contribution in [1.29, 1.82) is 0 Å². The van der Waals surface area contributed by atoms with Gasteiger partial charge in [0.1, 0.15) is 0 Å². The van der Waals surface area contributed by atoms with Crippen molar-refractivity contribution in [3.63, 3.8) is 0 Å². The van der Waals surface area contributed by atoms with Crippen LogP contribution in [0.25, 0.3) is 0 Å². The van der Waals surface area contributed by atoms with Crippen LogP contribution in [0.5, 0.6) is 0 Å². The molecule has 158 valence electrons. The molecule has 2 aliphatic rings. The van der Waals surface area contributed by atoms with Gasteiger partial charge in [-0.3, -0.25) is 39.2 Å². The van der Waals surface area contributed by atoms with Gasteiger partial charge in [-0.15, -0.1) is 0 Å². The highest BCUT2D eigenvalue weighted by molar-refractivity contribution is 8.76. The lowest BCUT2D eigenvalue weighted by Gasteiger charge is -1.98. The minimum atomic E-state index is -0.818. The van der Waals surface area contributed by atoms with E-state index in [1.807, 2.05) is 0 Å². The van der Waals surface area contributed by atoms with Crippen molar-refractivity contribution in [2.24, 2.45) is 0 Å². The van der Waals surface area contributed by atoms with Crippen LogP contribution in [0.1, 0.15) is 38.5 Å². The van der Waals surface area contributed by atoms with E-state index in [-0.39, 0.29) is 48.7 Å². The summed E-state index contributed by atoms with van der Waals surface area (Å²) in [5, 5.41) is 33.6. The molecule has 2 rings (SSSR count). The minimum Gasteiger partial charge on any atom is -0.481 e. The molecule has 0 radical (unpaired) electrons. The van der Waals surface area contributed by atoms with Crippen molar-refractivity contribution in [3.05, 3.63) is 0 Å². The molecule has 4 N–H and O–H groups in total. The van der Waals surface area contributed by atoms with Gasteiger partial charge in [-0.25, -0.2) is 0 Å². The Bertz CT molecular complexity index is 529. The van der Waals surface area contributed by atoms with Crippen molar-refractivity contribution in [1.82, 2.24) is 10.1 Å². The Hall–Kier alpha value is -2.16. The highest BCUT2D eigenvalue weighted by Crippen LogP contribution is 2.22. The Labute approximate surface area is 167 Å². The zero-order valence-corrected chi connectivity index (χ0v) is 16.2. The Balaban J connectivity index is 0.000000402. The highest BCUT2D eigenvalue weighted by atomic mass is 33.1. The second-order valence-corrected chi connectivity index (χ2v) is 7.83. The zero-order chi connectivity index (χ0) is 21.7. The van der Waals surface area contributed by atoms with Gasteiger partial charge in [-0.1, -0.05) is 21.6 Å². The van der Waals surface area contributed by atoms with E-state index < -0.39 is 35.6 Å². The summed E-state index contributed by atoms with van der Waals surface area (Å²) in [7, 11) is 2.79. The monoisotopic (exact) mass is 440 g/mol. The van der Waals surface area contributed by atoms with Gasteiger partial charge in [0.25, 0.3) is 23.6 Å². The second-order valence-electron chi connectivity index (χ2n) is 5.13. The quantitative estimate of drug-likeness (QED) is 0.184. The summed E-state index contributed by atoms with van der Waals surface area (Å²) in [4.78, 5) is 61.0. The number of hydrogen-bond donors (Lipinski definition) is 4. The van der Waals surface area contributed by atoms with Gasteiger partial charge in [0.15, 0.2) is 0 Å². The number of nitrogens with zero attached hydrogens (tertiary/aromatic N) is 2. The molecule has 0 aliphatic carbocycles. The predicted molar refractivity (Wildman–Crippen MR) is 95.2 cm³/mol. The third-order valence-corrected chi connectivity index (χ3v) is 5.34. The van der Waals surface area contributed by atoms with Crippen LogP contribution in [0.4, 0.5) is 0 Å².